The number of hydrogen-bond donors (Lipinski definition) is 1. The Morgan fingerprint density at radius 2 is 1.69 bits per heavy atom. The van der Waals surface area contributed by atoms with Crippen molar-refractivity contribution in [3.8, 4) is 11.5 Å². The molecular formula is C20H23NO5. The van der Waals surface area contributed by atoms with Crippen molar-refractivity contribution in [3.05, 3.63) is 59.2 Å². The van der Waals surface area contributed by atoms with Crippen molar-refractivity contribution >= 4 is 11.9 Å². The third-order valence-electron chi connectivity index (χ3n) is 3.76. The Bertz CT molecular complexity index is 755. The molecule has 0 spiro atoms. The highest BCUT2D eigenvalue weighted by atomic mass is 16.5. The largest absolute Gasteiger partial charge is 0.496 e. The Morgan fingerprint density at radius 1 is 1.00 bits per heavy atom. The van der Waals surface area contributed by atoms with Gasteiger partial charge in [-0.1, -0.05) is 18.2 Å². The van der Waals surface area contributed by atoms with Gasteiger partial charge >= 0.3 is 5.97 Å². The molecule has 2 rings (SSSR count). The Morgan fingerprint density at radius 3 is 2.31 bits per heavy atom. The van der Waals surface area contributed by atoms with Gasteiger partial charge in [0.05, 0.1) is 27.2 Å². The smallest absolute Gasteiger partial charge is 0.341 e. The Labute approximate surface area is 153 Å². The summed E-state index contributed by atoms with van der Waals surface area (Å²) in [5.41, 5.74) is 2.01. The van der Waals surface area contributed by atoms with Gasteiger partial charge in [-0.3, -0.25) is 4.79 Å². The van der Waals surface area contributed by atoms with E-state index in [0.29, 0.717) is 24.5 Å². The van der Waals surface area contributed by atoms with Gasteiger partial charge in [0.1, 0.15) is 17.1 Å². The Balaban J connectivity index is 1.95. The molecule has 0 saturated carbocycles. The van der Waals surface area contributed by atoms with Crippen LogP contribution in [-0.2, 0) is 22.5 Å². The zero-order chi connectivity index (χ0) is 18.9. The molecule has 0 heterocycles. The Hall–Kier alpha value is -3.02. The highest BCUT2D eigenvalue weighted by molar-refractivity contribution is 5.92. The van der Waals surface area contributed by atoms with Gasteiger partial charge in [-0.05, 0) is 42.3 Å². The first-order valence-corrected chi connectivity index (χ1v) is 8.31. The van der Waals surface area contributed by atoms with Crippen LogP contribution in [0.4, 0.5) is 0 Å². The second-order valence-electron chi connectivity index (χ2n) is 5.56. The highest BCUT2D eigenvalue weighted by Gasteiger charge is 2.13. The number of rotatable bonds is 8. The van der Waals surface area contributed by atoms with Gasteiger partial charge in [-0.25, -0.2) is 4.79 Å². The van der Waals surface area contributed by atoms with E-state index in [-0.39, 0.29) is 12.3 Å². The number of methoxy groups -OCH3 is 2. The fourth-order valence-electron chi connectivity index (χ4n) is 2.45. The van der Waals surface area contributed by atoms with Crippen LogP contribution in [0.25, 0.3) is 0 Å². The molecule has 2 aromatic rings. The van der Waals surface area contributed by atoms with Crippen LogP contribution in [0.3, 0.4) is 0 Å². The van der Waals surface area contributed by atoms with E-state index in [1.54, 1.807) is 18.2 Å². The van der Waals surface area contributed by atoms with Crippen LogP contribution in [-0.4, -0.2) is 32.7 Å². The van der Waals surface area contributed by atoms with Crippen molar-refractivity contribution in [3.63, 3.8) is 0 Å². The summed E-state index contributed by atoms with van der Waals surface area (Å²) in [6.45, 7) is 2.84. The van der Waals surface area contributed by atoms with Crippen LogP contribution < -0.4 is 14.8 Å². The first-order valence-electron chi connectivity index (χ1n) is 8.31. The lowest BCUT2D eigenvalue weighted by molar-refractivity contribution is -0.120. The van der Waals surface area contributed by atoms with Crippen LogP contribution in [0.1, 0.15) is 28.4 Å². The van der Waals surface area contributed by atoms with Gasteiger partial charge in [0.15, 0.2) is 0 Å². The molecule has 0 aliphatic heterocycles. The predicted molar refractivity (Wildman–Crippen MR) is 97.5 cm³/mol. The summed E-state index contributed by atoms with van der Waals surface area (Å²) >= 11 is 0. The first kappa shape index (κ1) is 19.3. The molecule has 1 N–H and O–H groups in total. The molecule has 0 unspecified atom stereocenters. The van der Waals surface area contributed by atoms with Crippen molar-refractivity contribution in [1.29, 1.82) is 0 Å². The summed E-state index contributed by atoms with van der Waals surface area (Å²) in [5.74, 6) is 0.626. The number of carbonyl (C=O) groups is 2. The molecule has 0 bridgehead atoms. The van der Waals surface area contributed by atoms with Gasteiger partial charge in [-0.15, -0.1) is 0 Å². The third kappa shape index (κ3) is 5.24. The molecule has 1 amide bonds. The average Bonchev–Trinajstić information content (AvgIpc) is 2.67. The minimum absolute atomic E-state index is 0.107. The number of hydrogen-bond acceptors (Lipinski definition) is 5. The lowest BCUT2D eigenvalue weighted by Gasteiger charge is -2.10. The third-order valence-corrected chi connectivity index (χ3v) is 3.76. The lowest BCUT2D eigenvalue weighted by atomic mass is 10.1. The zero-order valence-corrected chi connectivity index (χ0v) is 15.2. The number of nitrogens with one attached hydrogen (secondary N) is 1. The second-order valence-corrected chi connectivity index (χ2v) is 5.56. The van der Waals surface area contributed by atoms with E-state index >= 15 is 0 Å². The van der Waals surface area contributed by atoms with Gasteiger partial charge in [0.2, 0.25) is 5.91 Å². The topological polar surface area (TPSA) is 73.9 Å². The normalized spacial score (nSPS) is 10.1. The predicted octanol–water partition coefficient (Wildman–Crippen LogP) is 2.74. The minimum Gasteiger partial charge on any atom is -0.496 e. The summed E-state index contributed by atoms with van der Waals surface area (Å²) in [4.78, 5) is 23.9. The number of carbonyl (C=O) groups excluding carboxylic acids is 2. The summed E-state index contributed by atoms with van der Waals surface area (Å²) in [6.07, 6.45) is 0.270. The molecule has 0 aromatic heterocycles. The lowest BCUT2D eigenvalue weighted by Crippen LogP contribution is -2.24. The van der Waals surface area contributed by atoms with Gasteiger partial charge < -0.3 is 19.5 Å². The maximum Gasteiger partial charge on any atom is 0.341 e. The maximum absolute atomic E-state index is 12.1. The number of benzene rings is 2. The van der Waals surface area contributed by atoms with E-state index < -0.39 is 5.97 Å². The van der Waals surface area contributed by atoms with Crippen molar-refractivity contribution in [2.75, 3.05) is 20.8 Å². The molecule has 0 atom stereocenters. The number of ether oxygens (including phenoxy) is 3. The van der Waals surface area contributed by atoms with E-state index in [9.17, 15) is 9.59 Å². The van der Waals surface area contributed by atoms with Crippen molar-refractivity contribution < 1.29 is 23.8 Å². The maximum atomic E-state index is 12.1. The fraction of sp³-hybridized carbons (Fsp3) is 0.300. The number of esters is 1. The van der Waals surface area contributed by atoms with Crippen LogP contribution in [0.5, 0.6) is 11.5 Å². The number of amides is 1. The van der Waals surface area contributed by atoms with Crippen molar-refractivity contribution in [2.45, 2.75) is 19.9 Å². The highest BCUT2D eigenvalue weighted by Crippen LogP contribution is 2.20. The van der Waals surface area contributed by atoms with Crippen LogP contribution >= 0.6 is 0 Å². The van der Waals surface area contributed by atoms with E-state index in [2.05, 4.69) is 5.32 Å². The van der Waals surface area contributed by atoms with E-state index in [1.807, 2.05) is 31.2 Å². The fourth-order valence-corrected chi connectivity index (χ4v) is 2.45. The summed E-state index contributed by atoms with van der Waals surface area (Å²) in [7, 11) is 2.80. The zero-order valence-electron chi connectivity index (χ0n) is 15.2. The minimum atomic E-state index is -0.482. The molecule has 0 saturated heterocycles. The molecule has 0 aliphatic carbocycles. The van der Waals surface area contributed by atoms with Gasteiger partial charge in [-0.2, -0.15) is 0 Å². The van der Waals surface area contributed by atoms with Crippen LogP contribution in [0.2, 0.25) is 0 Å². The summed E-state index contributed by atoms with van der Waals surface area (Å²) in [5, 5.41) is 2.85. The molecule has 6 heteroatoms. The average molecular weight is 357 g/mol. The monoisotopic (exact) mass is 357 g/mol. The molecule has 0 aliphatic rings. The molecule has 0 fully saturated rings. The quantitative estimate of drug-likeness (QED) is 0.736. The summed E-state index contributed by atoms with van der Waals surface area (Å²) < 4.78 is 15.3. The van der Waals surface area contributed by atoms with Gasteiger partial charge in [0.25, 0.3) is 0 Å². The van der Waals surface area contributed by atoms with Crippen LogP contribution in [0, 0.1) is 0 Å². The Kier molecular flexibility index (Phi) is 7.02. The first-order chi connectivity index (χ1) is 12.6. The summed E-state index contributed by atoms with van der Waals surface area (Å²) in [6, 6.07) is 12.6. The molecule has 6 nitrogen and oxygen atoms in total. The molecule has 0 radical (unpaired) electrons. The molecule has 26 heavy (non-hydrogen) atoms. The molecular weight excluding hydrogens is 334 g/mol. The van der Waals surface area contributed by atoms with E-state index in [0.717, 1.165) is 16.9 Å². The standard InChI is InChI=1S/C20H23NO5/c1-4-26-16-8-5-14(6-9-16)12-19(22)21-13-15-7-10-18(24-2)17(11-15)20(23)25-3/h5-11H,4,12-13H2,1-3H3,(H,21,22). The van der Waals surface area contributed by atoms with Gasteiger partial charge in [0, 0.05) is 6.54 Å². The second kappa shape index (κ2) is 9.46. The van der Waals surface area contributed by atoms with Crippen molar-refractivity contribution in [1.82, 2.24) is 5.32 Å². The molecule has 138 valence electrons. The molecule has 2 aromatic carbocycles. The SMILES string of the molecule is CCOc1ccc(CC(=O)NCc2ccc(OC)c(C(=O)OC)c2)cc1. The van der Waals surface area contributed by atoms with Crippen molar-refractivity contribution in [2.24, 2.45) is 0 Å². The van der Waals surface area contributed by atoms with E-state index in [4.69, 9.17) is 14.2 Å². The van der Waals surface area contributed by atoms with Crippen LogP contribution in [0.15, 0.2) is 42.5 Å². The van der Waals surface area contributed by atoms with E-state index in [1.165, 1.54) is 14.2 Å².